The normalized spacial score (nSPS) is 21.4. The lowest BCUT2D eigenvalue weighted by atomic mass is 9.86. The lowest BCUT2D eigenvalue weighted by molar-refractivity contribution is 0.106. The van der Waals surface area contributed by atoms with Crippen LogP contribution in [0.15, 0.2) is 54.6 Å². The fraction of sp³-hybridized carbons (Fsp3) is 0.500. The second-order valence-electron chi connectivity index (χ2n) is 8.47. The van der Waals surface area contributed by atoms with Gasteiger partial charge in [-0.2, -0.15) is 0 Å². The van der Waals surface area contributed by atoms with Crippen molar-refractivity contribution in [1.82, 2.24) is 5.32 Å². The summed E-state index contributed by atoms with van der Waals surface area (Å²) in [6.45, 7) is 1.36. The Labute approximate surface area is 189 Å². The SMILES string of the molecule is O=P(O)(COc1ccccc1)C1CCC(CCNCC(O)COc2cccc(O)c2)CC1. The van der Waals surface area contributed by atoms with Crippen LogP contribution in [-0.4, -0.2) is 52.9 Å². The lowest BCUT2D eigenvalue weighted by Crippen LogP contribution is -2.33. The van der Waals surface area contributed by atoms with Crippen LogP contribution in [0, 0.1) is 5.92 Å². The minimum Gasteiger partial charge on any atom is -0.508 e. The molecule has 0 bridgehead atoms. The zero-order chi connectivity index (χ0) is 22.8. The van der Waals surface area contributed by atoms with Gasteiger partial charge in [0, 0.05) is 18.3 Å². The van der Waals surface area contributed by atoms with Crippen LogP contribution in [0.2, 0.25) is 0 Å². The van der Waals surface area contributed by atoms with Crippen molar-refractivity contribution in [3.63, 3.8) is 0 Å². The van der Waals surface area contributed by atoms with Crippen molar-refractivity contribution in [2.24, 2.45) is 5.92 Å². The van der Waals surface area contributed by atoms with Gasteiger partial charge in [0.25, 0.3) is 0 Å². The third kappa shape index (κ3) is 8.14. The molecule has 1 saturated carbocycles. The first-order valence-corrected chi connectivity index (χ1v) is 13.1. The summed E-state index contributed by atoms with van der Waals surface area (Å²) < 4.78 is 23.7. The van der Waals surface area contributed by atoms with Gasteiger partial charge in [-0.15, -0.1) is 0 Å². The molecule has 32 heavy (non-hydrogen) atoms. The number of rotatable bonds is 12. The first kappa shape index (κ1) is 24.6. The minimum atomic E-state index is -3.34. The van der Waals surface area contributed by atoms with Crippen LogP contribution in [0.25, 0.3) is 0 Å². The molecule has 8 heteroatoms. The van der Waals surface area contributed by atoms with Crippen LogP contribution in [0.4, 0.5) is 0 Å². The van der Waals surface area contributed by atoms with Crippen molar-refractivity contribution in [3.05, 3.63) is 54.6 Å². The molecule has 0 saturated heterocycles. The van der Waals surface area contributed by atoms with Crippen LogP contribution in [0.1, 0.15) is 32.1 Å². The molecule has 2 aromatic rings. The number of hydrogen-bond donors (Lipinski definition) is 4. The first-order valence-electron chi connectivity index (χ1n) is 11.2. The second-order valence-corrected chi connectivity index (χ2v) is 11.0. The molecule has 3 rings (SSSR count). The van der Waals surface area contributed by atoms with Gasteiger partial charge < -0.3 is 29.9 Å². The third-order valence-corrected chi connectivity index (χ3v) is 8.07. The number of aliphatic hydroxyl groups excluding tert-OH is 1. The van der Waals surface area contributed by atoms with Gasteiger partial charge >= 0.3 is 0 Å². The predicted molar refractivity (Wildman–Crippen MR) is 125 cm³/mol. The maximum Gasteiger partial charge on any atom is 0.239 e. The van der Waals surface area contributed by atoms with Crippen LogP contribution in [0.3, 0.4) is 0 Å². The van der Waals surface area contributed by atoms with E-state index in [1.54, 1.807) is 30.3 Å². The smallest absolute Gasteiger partial charge is 0.239 e. The molecule has 176 valence electrons. The van der Waals surface area contributed by atoms with Gasteiger partial charge in [-0.25, -0.2) is 0 Å². The van der Waals surface area contributed by atoms with Crippen molar-refractivity contribution in [2.75, 3.05) is 26.0 Å². The summed E-state index contributed by atoms with van der Waals surface area (Å²) in [6.07, 6.45) is 3.57. The van der Waals surface area contributed by atoms with E-state index in [0.717, 1.165) is 38.6 Å². The largest absolute Gasteiger partial charge is 0.508 e. The summed E-state index contributed by atoms with van der Waals surface area (Å²) >= 11 is 0. The van der Waals surface area contributed by atoms with Gasteiger partial charge in [-0.05, 0) is 68.8 Å². The number of benzene rings is 2. The maximum absolute atomic E-state index is 12.7. The molecule has 1 fully saturated rings. The van der Waals surface area contributed by atoms with Gasteiger partial charge in [-0.3, -0.25) is 4.57 Å². The highest BCUT2D eigenvalue weighted by Gasteiger charge is 2.35. The third-order valence-electron chi connectivity index (χ3n) is 5.92. The molecule has 1 aliphatic carbocycles. The number of nitrogens with one attached hydrogen (secondary N) is 1. The highest BCUT2D eigenvalue weighted by Crippen LogP contribution is 2.52. The predicted octanol–water partition coefficient (Wildman–Crippen LogP) is 3.98. The molecule has 2 unspecified atom stereocenters. The van der Waals surface area contributed by atoms with Gasteiger partial charge in [0.05, 0.1) is 0 Å². The lowest BCUT2D eigenvalue weighted by Gasteiger charge is -2.31. The quantitative estimate of drug-likeness (QED) is 0.279. The number of aliphatic hydroxyl groups is 1. The first-order chi connectivity index (χ1) is 15.4. The van der Waals surface area contributed by atoms with Crippen LogP contribution in [-0.2, 0) is 4.57 Å². The molecule has 2 aromatic carbocycles. The van der Waals surface area contributed by atoms with Gasteiger partial charge in [0.15, 0.2) is 6.35 Å². The van der Waals surface area contributed by atoms with E-state index in [2.05, 4.69) is 5.32 Å². The second kappa shape index (κ2) is 12.3. The molecule has 0 aliphatic heterocycles. The summed E-state index contributed by atoms with van der Waals surface area (Å²) in [5.41, 5.74) is -0.188. The number of phenols is 1. The Hall–Kier alpha value is -2.05. The zero-order valence-corrected chi connectivity index (χ0v) is 19.2. The summed E-state index contributed by atoms with van der Waals surface area (Å²) in [5, 5.41) is 22.7. The van der Waals surface area contributed by atoms with Gasteiger partial charge in [-0.1, -0.05) is 24.3 Å². The fourth-order valence-electron chi connectivity index (χ4n) is 4.03. The number of para-hydroxylation sites is 1. The van der Waals surface area contributed by atoms with E-state index in [0.29, 0.717) is 24.0 Å². The van der Waals surface area contributed by atoms with Crippen molar-refractivity contribution in [3.8, 4) is 17.2 Å². The van der Waals surface area contributed by atoms with E-state index < -0.39 is 13.5 Å². The topological polar surface area (TPSA) is 108 Å². The van der Waals surface area contributed by atoms with E-state index in [1.165, 1.54) is 6.07 Å². The molecular weight excluding hydrogens is 429 g/mol. The molecule has 0 heterocycles. The molecular formula is C24H34NO6P. The molecule has 0 radical (unpaired) electrons. The Balaban J connectivity index is 1.27. The monoisotopic (exact) mass is 463 g/mol. The van der Waals surface area contributed by atoms with Crippen LogP contribution >= 0.6 is 7.37 Å². The Kier molecular flexibility index (Phi) is 9.42. The number of aromatic hydroxyl groups is 1. The fourth-order valence-corrected chi connectivity index (χ4v) is 5.68. The summed E-state index contributed by atoms with van der Waals surface area (Å²) in [7, 11) is -3.34. The Morgan fingerprint density at radius 3 is 2.44 bits per heavy atom. The van der Waals surface area contributed by atoms with E-state index in [4.69, 9.17) is 9.47 Å². The van der Waals surface area contributed by atoms with Crippen molar-refractivity contribution in [2.45, 2.75) is 43.9 Å². The molecule has 0 spiro atoms. The van der Waals surface area contributed by atoms with Crippen LogP contribution < -0.4 is 14.8 Å². The number of ether oxygens (including phenoxy) is 2. The zero-order valence-electron chi connectivity index (χ0n) is 18.3. The van der Waals surface area contributed by atoms with Gasteiger partial charge in [0.1, 0.15) is 30.0 Å². The molecule has 0 amide bonds. The number of phenolic OH excluding ortho intramolecular Hbond substituents is 1. The summed E-state index contributed by atoms with van der Waals surface area (Å²) in [6, 6.07) is 15.7. The summed E-state index contributed by atoms with van der Waals surface area (Å²) in [4.78, 5) is 10.5. The van der Waals surface area contributed by atoms with Crippen molar-refractivity contribution >= 4 is 7.37 Å². The van der Waals surface area contributed by atoms with Crippen molar-refractivity contribution in [1.29, 1.82) is 0 Å². The molecule has 7 nitrogen and oxygen atoms in total. The highest BCUT2D eigenvalue weighted by atomic mass is 31.2. The molecule has 0 aromatic heterocycles. The molecule has 2 atom stereocenters. The Morgan fingerprint density at radius 2 is 1.72 bits per heavy atom. The standard InChI is InChI=1S/C24H34NO6P/c26-20-5-4-8-23(15-20)30-17-21(27)16-25-14-13-19-9-11-24(12-10-19)32(28,29)18-31-22-6-2-1-3-7-22/h1-8,15,19,21,24-27H,9-14,16-18H2,(H,28,29). The maximum atomic E-state index is 12.7. The number of hydrogen-bond acceptors (Lipinski definition) is 6. The minimum absolute atomic E-state index is 0.129. The highest BCUT2D eigenvalue weighted by molar-refractivity contribution is 7.58. The molecule has 4 N–H and O–H groups in total. The van der Waals surface area contributed by atoms with E-state index in [1.807, 2.05) is 18.2 Å². The van der Waals surface area contributed by atoms with Crippen LogP contribution in [0.5, 0.6) is 17.2 Å². The van der Waals surface area contributed by atoms with Crippen molar-refractivity contribution < 1.29 is 29.1 Å². The average Bonchev–Trinajstić information content (AvgIpc) is 2.80. The van der Waals surface area contributed by atoms with E-state index in [9.17, 15) is 19.7 Å². The molecule has 1 aliphatic rings. The van der Waals surface area contributed by atoms with E-state index >= 15 is 0 Å². The summed E-state index contributed by atoms with van der Waals surface area (Å²) in [5.74, 6) is 1.80. The Bertz CT molecular complexity index is 857. The van der Waals surface area contributed by atoms with Gasteiger partial charge in [0.2, 0.25) is 7.37 Å². The van der Waals surface area contributed by atoms with E-state index in [-0.39, 0.29) is 24.4 Å². The average molecular weight is 464 g/mol. The Morgan fingerprint density at radius 1 is 1.00 bits per heavy atom.